The summed E-state index contributed by atoms with van der Waals surface area (Å²) in [6.07, 6.45) is 0. The summed E-state index contributed by atoms with van der Waals surface area (Å²) in [5.41, 5.74) is 2.34. The fourth-order valence-electron chi connectivity index (χ4n) is 2.28. The van der Waals surface area contributed by atoms with Crippen molar-refractivity contribution in [3.63, 3.8) is 0 Å². The van der Waals surface area contributed by atoms with Crippen LogP contribution in [0.3, 0.4) is 0 Å². The van der Waals surface area contributed by atoms with Gasteiger partial charge in [-0.3, -0.25) is 4.90 Å². The van der Waals surface area contributed by atoms with Crippen LogP contribution < -0.4 is 4.90 Å². The van der Waals surface area contributed by atoms with Gasteiger partial charge in [-0.15, -0.1) is 5.10 Å². The Hall–Kier alpha value is -1.71. The van der Waals surface area contributed by atoms with Crippen molar-refractivity contribution in [2.45, 2.75) is 13.8 Å². The molecule has 0 saturated carbocycles. The molecule has 1 N–H and O–H groups in total. The van der Waals surface area contributed by atoms with Crippen LogP contribution >= 0.6 is 0 Å². The number of aromatic nitrogens is 2. The quantitative estimate of drug-likeness (QED) is 0.830. The van der Waals surface area contributed by atoms with Gasteiger partial charge >= 0.3 is 0 Å². The Morgan fingerprint density at radius 3 is 2.47 bits per heavy atom. The molecular weight excluding hydrogens is 242 g/mol. The highest BCUT2D eigenvalue weighted by molar-refractivity contribution is 5.57. The van der Waals surface area contributed by atoms with E-state index in [1.165, 1.54) is 0 Å². The lowest BCUT2D eigenvalue weighted by molar-refractivity contribution is 0.188. The fourth-order valence-corrected chi connectivity index (χ4v) is 2.28. The van der Waals surface area contributed by atoms with Crippen molar-refractivity contribution in [1.29, 1.82) is 5.26 Å². The smallest absolute Gasteiger partial charge is 0.169 e. The van der Waals surface area contributed by atoms with Gasteiger partial charge in [-0.2, -0.15) is 10.4 Å². The predicted octanol–water partition coefficient (Wildman–Crippen LogP) is 0.0794. The van der Waals surface area contributed by atoms with E-state index in [4.69, 9.17) is 5.11 Å². The maximum absolute atomic E-state index is 9.30. The topological polar surface area (TPSA) is 76.3 Å². The normalized spacial score (nSPS) is 16.4. The van der Waals surface area contributed by atoms with Gasteiger partial charge in [0, 0.05) is 32.7 Å². The molecule has 6 nitrogen and oxygen atoms in total. The zero-order chi connectivity index (χ0) is 13.8. The molecule has 1 fully saturated rings. The third kappa shape index (κ3) is 2.83. The number of rotatable bonds is 3. The minimum absolute atomic E-state index is 0.187. The average molecular weight is 261 g/mol. The summed E-state index contributed by atoms with van der Waals surface area (Å²) >= 11 is 0. The van der Waals surface area contributed by atoms with Crippen molar-refractivity contribution in [2.75, 3.05) is 44.2 Å². The number of aliphatic hydroxyl groups excluding tert-OH is 1. The Kier molecular flexibility index (Phi) is 4.30. The molecule has 0 bridgehead atoms. The summed E-state index contributed by atoms with van der Waals surface area (Å²) in [4.78, 5) is 4.31. The van der Waals surface area contributed by atoms with Gasteiger partial charge < -0.3 is 10.0 Å². The van der Waals surface area contributed by atoms with E-state index < -0.39 is 0 Å². The zero-order valence-electron chi connectivity index (χ0n) is 11.4. The highest BCUT2D eigenvalue weighted by Gasteiger charge is 2.21. The molecule has 0 unspecified atom stereocenters. The molecule has 2 heterocycles. The maximum Gasteiger partial charge on any atom is 0.169 e. The van der Waals surface area contributed by atoms with Crippen molar-refractivity contribution in [1.82, 2.24) is 15.1 Å². The van der Waals surface area contributed by atoms with E-state index in [1.54, 1.807) is 0 Å². The van der Waals surface area contributed by atoms with Gasteiger partial charge in [-0.1, -0.05) is 0 Å². The van der Waals surface area contributed by atoms with Gasteiger partial charge in [0.2, 0.25) is 0 Å². The first-order valence-electron chi connectivity index (χ1n) is 6.49. The molecule has 1 aliphatic rings. The molecule has 1 aliphatic heterocycles. The van der Waals surface area contributed by atoms with Crippen LogP contribution in [0, 0.1) is 25.2 Å². The molecule has 1 aromatic rings. The van der Waals surface area contributed by atoms with Crippen LogP contribution in [0.5, 0.6) is 0 Å². The van der Waals surface area contributed by atoms with Gasteiger partial charge in [-0.25, -0.2) is 0 Å². The van der Waals surface area contributed by atoms with Gasteiger partial charge in [0.15, 0.2) is 5.82 Å². The average Bonchev–Trinajstić information content (AvgIpc) is 2.43. The van der Waals surface area contributed by atoms with Crippen molar-refractivity contribution < 1.29 is 5.11 Å². The molecule has 2 rings (SSSR count). The van der Waals surface area contributed by atoms with E-state index in [-0.39, 0.29) is 6.61 Å². The Balaban J connectivity index is 2.16. The third-order valence-electron chi connectivity index (χ3n) is 3.64. The summed E-state index contributed by atoms with van der Waals surface area (Å²) in [6.45, 7) is 8.04. The number of anilines is 1. The molecule has 6 heteroatoms. The van der Waals surface area contributed by atoms with Gasteiger partial charge in [0.1, 0.15) is 11.6 Å². The molecule has 0 radical (unpaired) electrons. The first kappa shape index (κ1) is 13.7. The fraction of sp³-hybridized carbons (Fsp3) is 0.615. The lowest BCUT2D eigenvalue weighted by atomic mass is 10.1. The third-order valence-corrected chi connectivity index (χ3v) is 3.64. The molecule has 0 spiro atoms. The van der Waals surface area contributed by atoms with Crippen LogP contribution in [-0.4, -0.2) is 59.5 Å². The van der Waals surface area contributed by atoms with E-state index in [2.05, 4.69) is 26.1 Å². The van der Waals surface area contributed by atoms with Crippen LogP contribution in [0.2, 0.25) is 0 Å². The Morgan fingerprint density at radius 1 is 1.21 bits per heavy atom. The van der Waals surface area contributed by atoms with Crippen molar-refractivity contribution in [2.24, 2.45) is 0 Å². The second-order valence-electron chi connectivity index (χ2n) is 4.77. The lowest BCUT2D eigenvalue weighted by Gasteiger charge is -2.35. The second kappa shape index (κ2) is 5.95. The Morgan fingerprint density at radius 2 is 1.89 bits per heavy atom. The summed E-state index contributed by atoms with van der Waals surface area (Å²) in [5.74, 6) is 0.689. The largest absolute Gasteiger partial charge is 0.395 e. The highest BCUT2D eigenvalue weighted by Crippen LogP contribution is 2.22. The molecular formula is C13H19N5O. The minimum Gasteiger partial charge on any atom is -0.395 e. The van der Waals surface area contributed by atoms with E-state index in [0.717, 1.165) is 37.4 Å². The van der Waals surface area contributed by atoms with Crippen LogP contribution in [0.25, 0.3) is 0 Å². The Labute approximate surface area is 113 Å². The van der Waals surface area contributed by atoms with Crippen molar-refractivity contribution in [3.05, 3.63) is 16.8 Å². The first-order chi connectivity index (χ1) is 9.17. The summed E-state index contributed by atoms with van der Waals surface area (Å²) in [5, 5.41) is 26.5. The molecule has 1 aromatic heterocycles. The van der Waals surface area contributed by atoms with E-state index in [9.17, 15) is 5.26 Å². The summed E-state index contributed by atoms with van der Waals surface area (Å²) in [6, 6.07) is 2.24. The minimum atomic E-state index is 0.187. The molecule has 19 heavy (non-hydrogen) atoms. The molecule has 0 atom stereocenters. The number of nitrogens with zero attached hydrogens (tertiary/aromatic N) is 5. The van der Waals surface area contributed by atoms with Crippen LogP contribution in [0.1, 0.15) is 16.8 Å². The van der Waals surface area contributed by atoms with E-state index in [0.29, 0.717) is 17.9 Å². The van der Waals surface area contributed by atoms with Gasteiger partial charge in [-0.05, 0) is 19.4 Å². The first-order valence-corrected chi connectivity index (χ1v) is 6.49. The van der Waals surface area contributed by atoms with E-state index in [1.807, 2.05) is 13.8 Å². The van der Waals surface area contributed by atoms with Crippen LogP contribution in [0.4, 0.5) is 5.82 Å². The number of hydrogen-bond donors (Lipinski definition) is 1. The van der Waals surface area contributed by atoms with Gasteiger partial charge in [0.05, 0.1) is 12.3 Å². The number of β-amino-alcohol motifs (C(OH)–C–C–N with tert-alkyl or cyclic N) is 1. The Bertz CT molecular complexity index is 489. The second-order valence-corrected chi connectivity index (χ2v) is 4.77. The molecule has 1 saturated heterocycles. The molecule has 0 aliphatic carbocycles. The molecule has 0 aromatic carbocycles. The maximum atomic E-state index is 9.30. The summed E-state index contributed by atoms with van der Waals surface area (Å²) < 4.78 is 0. The number of hydrogen-bond acceptors (Lipinski definition) is 6. The van der Waals surface area contributed by atoms with Crippen molar-refractivity contribution >= 4 is 5.82 Å². The number of piperazine rings is 1. The zero-order valence-corrected chi connectivity index (χ0v) is 11.4. The monoisotopic (exact) mass is 261 g/mol. The standard InChI is InChI=1S/C13H19N5O/c1-10-11(2)15-16-13(12(10)9-14)18-5-3-17(4-6-18)7-8-19/h19H,3-8H2,1-2H3. The number of aliphatic hydroxyl groups is 1. The predicted molar refractivity (Wildman–Crippen MR) is 72.0 cm³/mol. The summed E-state index contributed by atoms with van der Waals surface area (Å²) in [7, 11) is 0. The molecule has 102 valence electrons. The van der Waals surface area contributed by atoms with E-state index >= 15 is 0 Å². The SMILES string of the molecule is Cc1nnc(N2CCN(CCO)CC2)c(C#N)c1C. The number of nitriles is 1. The number of aryl methyl sites for hydroxylation is 1. The highest BCUT2D eigenvalue weighted by atomic mass is 16.3. The van der Waals surface area contributed by atoms with Crippen molar-refractivity contribution in [3.8, 4) is 6.07 Å². The van der Waals surface area contributed by atoms with Crippen LogP contribution in [0.15, 0.2) is 0 Å². The van der Waals surface area contributed by atoms with Crippen LogP contribution in [-0.2, 0) is 0 Å². The lowest BCUT2D eigenvalue weighted by Crippen LogP contribution is -2.47. The molecule has 0 amide bonds. The van der Waals surface area contributed by atoms with Gasteiger partial charge in [0.25, 0.3) is 0 Å².